The van der Waals surface area contributed by atoms with Crippen LogP contribution in [0.2, 0.25) is 0 Å². The lowest BCUT2D eigenvalue weighted by atomic mass is 10.1. The first-order valence-corrected chi connectivity index (χ1v) is 9.22. The fourth-order valence-corrected chi connectivity index (χ4v) is 2.83. The van der Waals surface area contributed by atoms with Crippen LogP contribution in [-0.2, 0) is 9.59 Å². The lowest BCUT2D eigenvalue weighted by Gasteiger charge is -2.09. The van der Waals surface area contributed by atoms with Gasteiger partial charge < -0.3 is 14.9 Å². The van der Waals surface area contributed by atoms with Crippen molar-refractivity contribution in [1.82, 2.24) is 0 Å². The summed E-state index contributed by atoms with van der Waals surface area (Å²) in [6.45, 7) is 0.153. The molecule has 0 amide bonds. The number of hydrogen-bond acceptors (Lipinski definition) is 4. The fraction of sp³-hybridized carbons (Fsp3) is 0.364. The molecular weight excluding hydrogens is 344 g/mol. The summed E-state index contributed by atoms with van der Waals surface area (Å²) in [6.07, 6.45) is 9.74. The molecule has 1 aromatic carbocycles. The lowest BCUT2D eigenvalue weighted by Crippen LogP contribution is -2.14. The van der Waals surface area contributed by atoms with Gasteiger partial charge in [-0.3, -0.25) is 9.59 Å². The second-order valence-corrected chi connectivity index (χ2v) is 6.44. The van der Waals surface area contributed by atoms with E-state index in [1.165, 1.54) is 0 Å². The Bertz CT molecular complexity index is 715. The average molecular weight is 370 g/mol. The van der Waals surface area contributed by atoms with Gasteiger partial charge in [0.2, 0.25) is 0 Å². The first-order valence-electron chi connectivity index (χ1n) is 9.22. The smallest absolute Gasteiger partial charge is 0.303 e. The van der Waals surface area contributed by atoms with Gasteiger partial charge in [-0.2, -0.15) is 0 Å². The van der Waals surface area contributed by atoms with Crippen molar-refractivity contribution in [1.29, 1.82) is 0 Å². The summed E-state index contributed by atoms with van der Waals surface area (Å²) in [6, 6.07) is 9.29. The van der Waals surface area contributed by atoms with Crippen molar-refractivity contribution in [2.45, 2.75) is 44.6 Å². The zero-order valence-corrected chi connectivity index (χ0v) is 15.3. The van der Waals surface area contributed by atoms with Crippen molar-refractivity contribution < 1.29 is 24.5 Å². The summed E-state index contributed by atoms with van der Waals surface area (Å²) in [4.78, 5) is 22.5. The summed E-state index contributed by atoms with van der Waals surface area (Å²) in [5, 5.41) is 18.7. The van der Waals surface area contributed by atoms with Gasteiger partial charge >= 0.3 is 5.97 Å². The molecule has 0 heterocycles. The Morgan fingerprint density at radius 1 is 1.19 bits per heavy atom. The van der Waals surface area contributed by atoms with Gasteiger partial charge in [-0.1, -0.05) is 42.5 Å². The van der Waals surface area contributed by atoms with E-state index < -0.39 is 12.1 Å². The van der Waals surface area contributed by atoms with E-state index in [0.717, 1.165) is 11.1 Å². The second kappa shape index (κ2) is 11.1. The van der Waals surface area contributed by atoms with Gasteiger partial charge in [0, 0.05) is 18.4 Å². The van der Waals surface area contributed by atoms with Crippen molar-refractivity contribution in [2.75, 3.05) is 6.61 Å². The molecule has 27 heavy (non-hydrogen) atoms. The monoisotopic (exact) mass is 370 g/mol. The number of benzene rings is 1. The van der Waals surface area contributed by atoms with Crippen LogP contribution < -0.4 is 4.74 Å². The molecule has 0 radical (unpaired) electrons. The number of allylic oxidation sites excluding steroid dienone is 5. The highest BCUT2D eigenvalue weighted by atomic mass is 16.5. The number of aliphatic hydroxyl groups is 1. The number of aliphatic carboxylic acids is 1. The molecule has 1 aliphatic rings. The minimum Gasteiger partial charge on any atom is -0.491 e. The van der Waals surface area contributed by atoms with Gasteiger partial charge in [0.25, 0.3) is 0 Å². The number of Topliss-reactive ketones (excluding diaryl/α,β-unsaturated/α-hetero) is 1. The van der Waals surface area contributed by atoms with Crippen LogP contribution in [0, 0.1) is 0 Å². The largest absolute Gasteiger partial charge is 0.491 e. The molecule has 0 bridgehead atoms. The van der Waals surface area contributed by atoms with E-state index in [-0.39, 0.29) is 18.8 Å². The van der Waals surface area contributed by atoms with Crippen LogP contribution in [-0.4, -0.2) is 34.7 Å². The molecule has 0 saturated heterocycles. The molecule has 5 heteroatoms. The second-order valence-electron chi connectivity index (χ2n) is 6.44. The van der Waals surface area contributed by atoms with Crippen LogP contribution in [0.1, 0.15) is 38.5 Å². The highest BCUT2D eigenvalue weighted by Crippen LogP contribution is 2.27. The molecule has 0 spiro atoms. The Morgan fingerprint density at radius 3 is 2.70 bits per heavy atom. The Hall–Kier alpha value is -2.66. The van der Waals surface area contributed by atoms with Crippen LogP contribution in [0.4, 0.5) is 0 Å². The molecule has 1 atom stereocenters. The van der Waals surface area contributed by atoms with Gasteiger partial charge in [0.05, 0.1) is 0 Å². The Balaban J connectivity index is 1.83. The Morgan fingerprint density at radius 2 is 1.96 bits per heavy atom. The van der Waals surface area contributed by atoms with Crippen molar-refractivity contribution in [3.05, 3.63) is 65.8 Å². The van der Waals surface area contributed by atoms with Crippen LogP contribution in [0.25, 0.3) is 0 Å². The molecule has 0 unspecified atom stereocenters. The fourth-order valence-electron chi connectivity index (χ4n) is 2.83. The Kier molecular flexibility index (Phi) is 8.52. The van der Waals surface area contributed by atoms with E-state index in [4.69, 9.17) is 9.84 Å². The first-order chi connectivity index (χ1) is 13.1. The number of ether oxygens (including phenoxy) is 1. The summed E-state index contributed by atoms with van der Waals surface area (Å²) in [5.74, 6) is 0.0492. The molecule has 0 aliphatic heterocycles. The number of carbonyl (C=O) groups is 2. The quantitative estimate of drug-likeness (QED) is 0.457. The molecule has 1 aliphatic carbocycles. The van der Waals surface area contributed by atoms with Gasteiger partial charge in [-0.15, -0.1) is 0 Å². The van der Waals surface area contributed by atoms with E-state index in [0.29, 0.717) is 37.9 Å². The number of carboxylic acids is 1. The predicted molar refractivity (Wildman–Crippen MR) is 104 cm³/mol. The highest BCUT2D eigenvalue weighted by Gasteiger charge is 2.20. The third-order valence-corrected chi connectivity index (χ3v) is 4.28. The highest BCUT2D eigenvalue weighted by molar-refractivity contribution is 5.99. The molecular formula is C22H26O5. The van der Waals surface area contributed by atoms with Crippen molar-refractivity contribution in [2.24, 2.45) is 0 Å². The minimum atomic E-state index is -0.792. The van der Waals surface area contributed by atoms with Gasteiger partial charge in [-0.25, -0.2) is 0 Å². The number of para-hydroxylation sites is 1. The summed E-state index contributed by atoms with van der Waals surface area (Å²) >= 11 is 0. The Labute approximate surface area is 159 Å². The summed E-state index contributed by atoms with van der Waals surface area (Å²) < 4.78 is 5.51. The number of aliphatic hydroxyl groups excluding tert-OH is 1. The summed E-state index contributed by atoms with van der Waals surface area (Å²) in [5.41, 5.74) is 1.73. The SMILES string of the molecule is O=C(O)CCCC=CCC1=C(C=C[C@@H](O)COc2ccccc2)CCC1=O. The molecule has 1 aromatic rings. The minimum absolute atomic E-state index is 0.139. The molecule has 0 aromatic heterocycles. The van der Waals surface area contributed by atoms with Crippen LogP contribution in [0.15, 0.2) is 65.8 Å². The molecule has 2 rings (SSSR count). The zero-order chi connectivity index (χ0) is 19.5. The van der Waals surface area contributed by atoms with E-state index in [1.54, 1.807) is 6.08 Å². The number of hydrogen-bond donors (Lipinski definition) is 2. The van der Waals surface area contributed by atoms with Gasteiger partial charge in [-0.05, 0) is 43.4 Å². The zero-order valence-electron chi connectivity index (χ0n) is 15.3. The van der Waals surface area contributed by atoms with Crippen molar-refractivity contribution in [3.63, 3.8) is 0 Å². The molecule has 0 saturated carbocycles. The van der Waals surface area contributed by atoms with Gasteiger partial charge in [0.15, 0.2) is 5.78 Å². The third-order valence-electron chi connectivity index (χ3n) is 4.28. The first kappa shape index (κ1) is 20.6. The van der Waals surface area contributed by atoms with Crippen LogP contribution in [0.5, 0.6) is 5.75 Å². The maximum atomic E-state index is 12.1. The predicted octanol–water partition coefficient (Wildman–Crippen LogP) is 3.84. The van der Waals surface area contributed by atoms with Crippen molar-refractivity contribution in [3.8, 4) is 5.75 Å². The van der Waals surface area contributed by atoms with E-state index in [2.05, 4.69) is 0 Å². The van der Waals surface area contributed by atoms with E-state index in [9.17, 15) is 14.7 Å². The maximum absolute atomic E-state index is 12.1. The summed E-state index contributed by atoms with van der Waals surface area (Å²) in [7, 11) is 0. The molecule has 2 N–H and O–H groups in total. The van der Waals surface area contributed by atoms with Gasteiger partial charge in [0.1, 0.15) is 18.5 Å². The number of ketones is 1. The number of carbonyl (C=O) groups excluding carboxylic acids is 1. The number of rotatable bonds is 11. The number of unbranched alkanes of at least 4 members (excludes halogenated alkanes) is 1. The average Bonchev–Trinajstić information content (AvgIpc) is 3.01. The van der Waals surface area contributed by atoms with Crippen LogP contribution >= 0.6 is 0 Å². The number of carboxylic acid groups (broad SMARTS) is 1. The standard InChI is InChI=1S/C22H26O5/c23-18(16-27-19-8-4-3-5-9-19)14-12-17-13-15-21(24)20(17)10-6-1-2-7-11-22(25)26/h1,3-6,8-9,12,14,18,23H,2,7,10-11,13,15-16H2,(H,25,26)/t18-/m1/s1. The third kappa shape index (κ3) is 7.62. The van der Waals surface area contributed by atoms with E-state index >= 15 is 0 Å². The maximum Gasteiger partial charge on any atom is 0.303 e. The molecule has 5 nitrogen and oxygen atoms in total. The molecule has 0 fully saturated rings. The molecule has 144 valence electrons. The lowest BCUT2D eigenvalue weighted by molar-refractivity contribution is -0.137. The van der Waals surface area contributed by atoms with Crippen molar-refractivity contribution >= 4 is 11.8 Å². The topological polar surface area (TPSA) is 83.8 Å². The van der Waals surface area contributed by atoms with Crippen LogP contribution in [0.3, 0.4) is 0 Å². The normalized spacial score (nSPS) is 15.8. The van der Waals surface area contributed by atoms with E-state index in [1.807, 2.05) is 48.6 Å².